The minimum Gasteiger partial charge on any atom is -0.334 e. The van der Waals surface area contributed by atoms with Crippen LogP contribution in [0, 0.1) is 6.92 Å². The molecule has 0 spiro atoms. The number of nitrogens with one attached hydrogen (secondary N) is 2. The molecule has 0 radical (unpaired) electrons. The Morgan fingerprint density at radius 3 is 2.65 bits per heavy atom. The number of hydrogen-bond acceptors (Lipinski definition) is 3. The van der Waals surface area contributed by atoms with Crippen LogP contribution in [-0.4, -0.2) is 47.0 Å². The van der Waals surface area contributed by atoms with Crippen molar-refractivity contribution in [2.75, 3.05) is 26.2 Å². The highest BCUT2D eigenvalue weighted by Crippen LogP contribution is 2.15. The van der Waals surface area contributed by atoms with Crippen molar-refractivity contribution in [3.8, 4) is 0 Å². The van der Waals surface area contributed by atoms with E-state index in [0.717, 1.165) is 41.7 Å². The lowest BCUT2D eigenvalue weighted by molar-refractivity contribution is 0.184. The van der Waals surface area contributed by atoms with Crippen LogP contribution in [0.3, 0.4) is 0 Å². The van der Waals surface area contributed by atoms with Crippen molar-refractivity contribution < 1.29 is 4.79 Å². The summed E-state index contributed by atoms with van der Waals surface area (Å²) in [6.45, 7) is 6.35. The van der Waals surface area contributed by atoms with E-state index < -0.39 is 0 Å². The second-order valence-electron chi connectivity index (χ2n) is 8.33. The molecule has 2 aromatic carbocycles. The number of carbonyl (C=O) groups excluding carboxylic acids is 1. The molecule has 0 saturated carbocycles. The average Bonchev–Trinajstić information content (AvgIpc) is 3.30. The van der Waals surface area contributed by atoms with Crippen LogP contribution in [0.1, 0.15) is 29.5 Å². The molecular weight excluding hydrogens is 388 g/mol. The Kier molecular flexibility index (Phi) is 6.67. The Morgan fingerprint density at radius 2 is 1.87 bits per heavy atom. The number of hydrogen-bond donors (Lipinski definition) is 2. The number of fused-ring (bicyclic) bond motifs is 1. The fourth-order valence-electron chi connectivity index (χ4n) is 4.10. The van der Waals surface area contributed by atoms with E-state index >= 15 is 0 Å². The van der Waals surface area contributed by atoms with Gasteiger partial charge in [-0.1, -0.05) is 42.0 Å². The van der Waals surface area contributed by atoms with Gasteiger partial charge in [0.15, 0.2) is 0 Å². The number of nitrogens with zero attached hydrogens (tertiary/aromatic N) is 2. The number of pyridine rings is 1. The largest absolute Gasteiger partial charge is 0.334 e. The highest BCUT2D eigenvalue weighted by Gasteiger charge is 2.19. The van der Waals surface area contributed by atoms with Crippen molar-refractivity contribution in [2.45, 2.75) is 32.9 Å². The van der Waals surface area contributed by atoms with Gasteiger partial charge in [-0.2, -0.15) is 0 Å². The first-order valence-electron chi connectivity index (χ1n) is 11.0. The molecule has 6 nitrogen and oxygen atoms in total. The highest BCUT2D eigenvalue weighted by atomic mass is 16.2. The molecular formula is C25H30N4O2. The molecule has 2 N–H and O–H groups in total. The number of urea groups is 1. The van der Waals surface area contributed by atoms with E-state index in [1.54, 1.807) is 4.90 Å². The van der Waals surface area contributed by atoms with Crippen LogP contribution in [0.25, 0.3) is 10.9 Å². The van der Waals surface area contributed by atoms with Gasteiger partial charge in [0.2, 0.25) is 0 Å². The summed E-state index contributed by atoms with van der Waals surface area (Å²) in [4.78, 5) is 32.8. The van der Waals surface area contributed by atoms with Crippen molar-refractivity contribution in [1.29, 1.82) is 0 Å². The van der Waals surface area contributed by atoms with Gasteiger partial charge in [0.25, 0.3) is 5.56 Å². The van der Waals surface area contributed by atoms with Gasteiger partial charge < -0.3 is 20.1 Å². The number of aromatic amines is 1. The van der Waals surface area contributed by atoms with Crippen molar-refractivity contribution in [3.63, 3.8) is 0 Å². The molecule has 0 bridgehead atoms. The number of H-pyrrole nitrogens is 1. The molecule has 1 aromatic heterocycles. The first-order chi connectivity index (χ1) is 15.1. The molecule has 162 valence electrons. The normalized spacial score (nSPS) is 14.1. The molecule has 4 rings (SSSR count). The quantitative estimate of drug-likeness (QED) is 0.616. The molecule has 1 aliphatic heterocycles. The summed E-state index contributed by atoms with van der Waals surface area (Å²) < 4.78 is 0. The number of benzene rings is 2. The topological polar surface area (TPSA) is 68.4 Å². The van der Waals surface area contributed by atoms with E-state index in [1.165, 1.54) is 12.8 Å². The van der Waals surface area contributed by atoms with Gasteiger partial charge in [0.1, 0.15) is 0 Å². The standard InChI is InChI=1S/C25H30N4O2/c1-19-9-10-23-21(15-19)16-22(24(30)27-23)18-29(14-13-28-11-5-6-12-28)25(31)26-17-20-7-3-2-4-8-20/h2-4,7-10,15-16H,5-6,11-14,17-18H2,1H3,(H,26,31)(H,27,30). The third-order valence-electron chi connectivity index (χ3n) is 5.90. The van der Waals surface area contributed by atoms with Gasteiger partial charge in [-0.15, -0.1) is 0 Å². The second kappa shape index (κ2) is 9.79. The first kappa shape index (κ1) is 21.1. The minimum absolute atomic E-state index is 0.140. The summed E-state index contributed by atoms with van der Waals surface area (Å²) >= 11 is 0. The Bertz CT molecular complexity index is 1090. The summed E-state index contributed by atoms with van der Waals surface area (Å²) in [7, 11) is 0. The number of aromatic nitrogens is 1. The number of likely N-dealkylation sites (tertiary alicyclic amines) is 1. The number of amides is 2. The summed E-state index contributed by atoms with van der Waals surface area (Å²) in [6, 6.07) is 17.6. The van der Waals surface area contributed by atoms with Crippen molar-refractivity contribution in [1.82, 2.24) is 20.1 Å². The van der Waals surface area contributed by atoms with Crippen LogP contribution in [0.5, 0.6) is 0 Å². The molecule has 1 aliphatic rings. The monoisotopic (exact) mass is 418 g/mol. The second-order valence-corrected chi connectivity index (χ2v) is 8.33. The molecule has 31 heavy (non-hydrogen) atoms. The first-order valence-corrected chi connectivity index (χ1v) is 11.0. The fraction of sp³-hybridized carbons (Fsp3) is 0.360. The van der Waals surface area contributed by atoms with Crippen LogP contribution in [0.2, 0.25) is 0 Å². The van der Waals surface area contributed by atoms with Gasteiger partial charge in [-0.05, 0) is 62.0 Å². The number of carbonyl (C=O) groups is 1. The van der Waals surface area contributed by atoms with Crippen molar-refractivity contribution >= 4 is 16.9 Å². The van der Waals surface area contributed by atoms with E-state index in [1.807, 2.05) is 55.5 Å². The van der Waals surface area contributed by atoms with E-state index in [9.17, 15) is 9.59 Å². The maximum absolute atomic E-state index is 13.0. The van der Waals surface area contributed by atoms with Crippen LogP contribution < -0.4 is 10.9 Å². The fourth-order valence-corrected chi connectivity index (χ4v) is 4.10. The van der Waals surface area contributed by atoms with Crippen LogP contribution in [-0.2, 0) is 13.1 Å². The summed E-state index contributed by atoms with van der Waals surface area (Å²) in [5.41, 5.74) is 3.47. The third-order valence-corrected chi connectivity index (χ3v) is 5.90. The molecule has 1 fully saturated rings. The lowest BCUT2D eigenvalue weighted by atomic mass is 10.1. The molecule has 2 heterocycles. The van der Waals surface area contributed by atoms with E-state index in [2.05, 4.69) is 21.3 Å². The van der Waals surface area contributed by atoms with Crippen LogP contribution in [0.4, 0.5) is 4.79 Å². The molecule has 0 aliphatic carbocycles. The third kappa shape index (κ3) is 5.52. The molecule has 1 saturated heterocycles. The zero-order chi connectivity index (χ0) is 21.6. The lowest BCUT2D eigenvalue weighted by Crippen LogP contribution is -2.43. The number of aryl methyl sites for hydroxylation is 1. The van der Waals surface area contributed by atoms with Gasteiger partial charge in [-0.3, -0.25) is 4.79 Å². The maximum atomic E-state index is 13.0. The lowest BCUT2D eigenvalue weighted by Gasteiger charge is -2.26. The minimum atomic E-state index is -0.146. The Labute approximate surface area is 182 Å². The van der Waals surface area contributed by atoms with Crippen LogP contribution >= 0.6 is 0 Å². The zero-order valence-electron chi connectivity index (χ0n) is 18.1. The predicted molar refractivity (Wildman–Crippen MR) is 124 cm³/mol. The highest BCUT2D eigenvalue weighted by molar-refractivity contribution is 5.80. The van der Waals surface area contributed by atoms with E-state index in [-0.39, 0.29) is 18.1 Å². The van der Waals surface area contributed by atoms with Gasteiger partial charge in [0, 0.05) is 30.7 Å². The summed E-state index contributed by atoms with van der Waals surface area (Å²) in [5.74, 6) is 0. The maximum Gasteiger partial charge on any atom is 0.318 e. The number of rotatable bonds is 7. The smallest absolute Gasteiger partial charge is 0.318 e. The molecule has 2 amide bonds. The van der Waals surface area contributed by atoms with Crippen molar-refractivity contribution in [2.24, 2.45) is 0 Å². The summed E-state index contributed by atoms with van der Waals surface area (Å²) in [6.07, 6.45) is 2.42. The van der Waals surface area contributed by atoms with E-state index in [0.29, 0.717) is 18.7 Å². The predicted octanol–water partition coefficient (Wildman–Crippen LogP) is 3.64. The molecule has 0 unspecified atom stereocenters. The Hall–Kier alpha value is -3.12. The van der Waals surface area contributed by atoms with Crippen LogP contribution in [0.15, 0.2) is 59.4 Å². The Balaban J connectivity index is 1.51. The molecule has 0 atom stereocenters. The average molecular weight is 419 g/mol. The Morgan fingerprint density at radius 1 is 1.10 bits per heavy atom. The zero-order valence-corrected chi connectivity index (χ0v) is 18.1. The van der Waals surface area contributed by atoms with E-state index in [4.69, 9.17) is 0 Å². The van der Waals surface area contributed by atoms with Gasteiger partial charge >= 0.3 is 6.03 Å². The van der Waals surface area contributed by atoms with Gasteiger partial charge in [-0.25, -0.2) is 4.79 Å². The molecule has 6 heteroatoms. The van der Waals surface area contributed by atoms with Gasteiger partial charge in [0.05, 0.1) is 6.54 Å². The molecule has 3 aromatic rings. The SMILES string of the molecule is Cc1ccc2[nH]c(=O)c(CN(CCN3CCCC3)C(=O)NCc3ccccc3)cc2c1. The van der Waals surface area contributed by atoms with Crippen molar-refractivity contribution in [3.05, 3.63) is 81.6 Å². The summed E-state index contributed by atoms with van der Waals surface area (Å²) in [5, 5.41) is 4.00.